The summed E-state index contributed by atoms with van der Waals surface area (Å²) in [5, 5.41) is 8.92. The number of likely N-dealkylation sites (N-methyl/N-ethyl adjacent to an activating group) is 1. The second kappa shape index (κ2) is 4.58. The number of amides is 1. The Kier molecular flexibility index (Phi) is 3.14. The lowest BCUT2D eigenvalue weighted by Gasteiger charge is -2.31. The van der Waals surface area contributed by atoms with E-state index >= 15 is 0 Å². The van der Waals surface area contributed by atoms with Crippen LogP contribution >= 0.6 is 0 Å². The Balaban J connectivity index is 2.04. The van der Waals surface area contributed by atoms with Crippen molar-refractivity contribution in [3.05, 3.63) is 23.7 Å². The number of hydrogen-bond acceptors (Lipinski definition) is 4. The first-order valence-electron chi connectivity index (χ1n) is 5.34. The van der Waals surface area contributed by atoms with Crippen molar-refractivity contribution >= 4 is 11.9 Å². The smallest absolute Gasteiger partial charge is 0.339 e. The fraction of sp³-hybridized carbons (Fsp3) is 0.455. The molecule has 1 amide bonds. The van der Waals surface area contributed by atoms with E-state index in [0.29, 0.717) is 25.4 Å². The van der Waals surface area contributed by atoms with Gasteiger partial charge < -0.3 is 14.4 Å². The Labute approximate surface area is 98.4 Å². The second-order valence-corrected chi connectivity index (χ2v) is 4.09. The van der Waals surface area contributed by atoms with E-state index < -0.39 is 5.97 Å². The minimum absolute atomic E-state index is 0.0414. The number of nitrogens with zero attached hydrogens (tertiary/aromatic N) is 2. The lowest BCUT2D eigenvalue weighted by molar-refractivity contribution is -0.134. The van der Waals surface area contributed by atoms with Crippen molar-refractivity contribution in [1.29, 1.82) is 0 Å². The van der Waals surface area contributed by atoms with Gasteiger partial charge in [0.25, 0.3) is 0 Å². The van der Waals surface area contributed by atoms with Crippen molar-refractivity contribution in [2.24, 2.45) is 0 Å². The van der Waals surface area contributed by atoms with Gasteiger partial charge in [-0.2, -0.15) is 0 Å². The lowest BCUT2D eigenvalue weighted by atomic mass is 10.2. The molecule has 1 aliphatic rings. The summed E-state index contributed by atoms with van der Waals surface area (Å²) in [5.41, 5.74) is 0.163. The average Bonchev–Trinajstić information content (AvgIpc) is 2.72. The SMILES string of the molecule is CN1CCN(Cc2occc2C(=O)O)CC1=O. The fourth-order valence-corrected chi connectivity index (χ4v) is 1.80. The molecule has 0 atom stereocenters. The molecule has 92 valence electrons. The maximum Gasteiger partial charge on any atom is 0.339 e. The highest BCUT2D eigenvalue weighted by Gasteiger charge is 2.23. The molecule has 0 spiro atoms. The molecule has 0 unspecified atom stereocenters. The monoisotopic (exact) mass is 238 g/mol. The van der Waals surface area contributed by atoms with E-state index in [1.54, 1.807) is 11.9 Å². The van der Waals surface area contributed by atoms with Crippen molar-refractivity contribution in [1.82, 2.24) is 9.80 Å². The Hall–Kier alpha value is -1.82. The van der Waals surface area contributed by atoms with Crippen LogP contribution in [-0.2, 0) is 11.3 Å². The van der Waals surface area contributed by atoms with Gasteiger partial charge in [-0.05, 0) is 6.07 Å². The highest BCUT2D eigenvalue weighted by atomic mass is 16.4. The molecule has 6 heteroatoms. The van der Waals surface area contributed by atoms with Crippen LogP contribution in [0.25, 0.3) is 0 Å². The van der Waals surface area contributed by atoms with E-state index in [0.717, 1.165) is 6.54 Å². The first-order valence-corrected chi connectivity index (χ1v) is 5.34. The number of carboxylic acid groups (broad SMARTS) is 1. The zero-order valence-corrected chi connectivity index (χ0v) is 9.55. The van der Waals surface area contributed by atoms with Crippen LogP contribution in [0.1, 0.15) is 16.1 Å². The number of carboxylic acids is 1. The molecule has 1 saturated heterocycles. The van der Waals surface area contributed by atoms with Crippen LogP contribution in [0, 0.1) is 0 Å². The van der Waals surface area contributed by atoms with E-state index in [9.17, 15) is 9.59 Å². The van der Waals surface area contributed by atoms with Gasteiger partial charge in [0.1, 0.15) is 11.3 Å². The van der Waals surface area contributed by atoms with Crippen LogP contribution in [0.15, 0.2) is 16.7 Å². The van der Waals surface area contributed by atoms with Gasteiger partial charge in [0.05, 0.1) is 19.4 Å². The number of rotatable bonds is 3. The van der Waals surface area contributed by atoms with Gasteiger partial charge in [-0.1, -0.05) is 0 Å². The molecular weight excluding hydrogens is 224 g/mol. The molecule has 1 N–H and O–H groups in total. The quantitative estimate of drug-likeness (QED) is 0.817. The van der Waals surface area contributed by atoms with Gasteiger partial charge in [-0.25, -0.2) is 4.79 Å². The van der Waals surface area contributed by atoms with Crippen molar-refractivity contribution in [2.75, 3.05) is 26.7 Å². The zero-order valence-electron chi connectivity index (χ0n) is 9.55. The van der Waals surface area contributed by atoms with Crippen molar-refractivity contribution in [3.8, 4) is 0 Å². The number of hydrogen-bond donors (Lipinski definition) is 1. The lowest BCUT2D eigenvalue weighted by Crippen LogP contribution is -2.48. The first kappa shape index (κ1) is 11.7. The molecule has 0 aliphatic carbocycles. The fourth-order valence-electron chi connectivity index (χ4n) is 1.80. The van der Waals surface area contributed by atoms with Gasteiger partial charge in [0, 0.05) is 20.1 Å². The third-order valence-electron chi connectivity index (χ3n) is 2.88. The maximum absolute atomic E-state index is 11.5. The molecule has 1 aliphatic heterocycles. The van der Waals surface area contributed by atoms with E-state index in [1.807, 2.05) is 4.90 Å². The Morgan fingerprint density at radius 3 is 2.94 bits per heavy atom. The van der Waals surface area contributed by atoms with Gasteiger partial charge in [-0.3, -0.25) is 9.69 Å². The van der Waals surface area contributed by atoms with Crippen LogP contribution < -0.4 is 0 Å². The second-order valence-electron chi connectivity index (χ2n) is 4.09. The van der Waals surface area contributed by atoms with E-state index in [-0.39, 0.29) is 11.5 Å². The average molecular weight is 238 g/mol. The summed E-state index contributed by atoms with van der Waals surface area (Å²) in [4.78, 5) is 25.9. The molecule has 1 fully saturated rings. The number of furan rings is 1. The minimum Gasteiger partial charge on any atom is -0.478 e. The van der Waals surface area contributed by atoms with Crippen LogP contribution in [0.2, 0.25) is 0 Å². The molecule has 0 bridgehead atoms. The summed E-state index contributed by atoms with van der Waals surface area (Å²) in [6.45, 7) is 2.04. The predicted molar refractivity (Wildman–Crippen MR) is 58.6 cm³/mol. The van der Waals surface area contributed by atoms with E-state index in [1.165, 1.54) is 12.3 Å². The first-order chi connectivity index (χ1) is 8.08. The molecule has 0 saturated carbocycles. The number of aromatic carboxylic acids is 1. The van der Waals surface area contributed by atoms with Crippen LogP contribution in [-0.4, -0.2) is 53.5 Å². The predicted octanol–water partition coefficient (Wildman–Crippen LogP) is 0.252. The molecule has 6 nitrogen and oxygen atoms in total. The molecular formula is C11H14N2O4. The number of piperazine rings is 1. The third kappa shape index (κ3) is 2.47. The van der Waals surface area contributed by atoms with Crippen LogP contribution in [0.4, 0.5) is 0 Å². The van der Waals surface area contributed by atoms with Gasteiger partial charge >= 0.3 is 5.97 Å². The van der Waals surface area contributed by atoms with Crippen LogP contribution in [0.3, 0.4) is 0 Å². The summed E-state index contributed by atoms with van der Waals surface area (Å²) in [7, 11) is 1.76. The molecule has 17 heavy (non-hydrogen) atoms. The minimum atomic E-state index is -1.01. The summed E-state index contributed by atoms with van der Waals surface area (Å²) < 4.78 is 5.14. The van der Waals surface area contributed by atoms with Crippen molar-refractivity contribution < 1.29 is 19.1 Å². The molecule has 0 aromatic carbocycles. The highest BCUT2D eigenvalue weighted by Crippen LogP contribution is 2.14. The van der Waals surface area contributed by atoms with Gasteiger partial charge in [-0.15, -0.1) is 0 Å². The van der Waals surface area contributed by atoms with Gasteiger partial charge in [0.2, 0.25) is 5.91 Å². The van der Waals surface area contributed by atoms with E-state index in [2.05, 4.69) is 0 Å². The van der Waals surface area contributed by atoms with E-state index in [4.69, 9.17) is 9.52 Å². The summed E-state index contributed by atoms with van der Waals surface area (Å²) >= 11 is 0. The summed E-state index contributed by atoms with van der Waals surface area (Å²) in [6.07, 6.45) is 1.36. The summed E-state index contributed by atoms with van der Waals surface area (Å²) in [6, 6.07) is 1.43. The third-order valence-corrected chi connectivity index (χ3v) is 2.88. The Morgan fingerprint density at radius 2 is 2.29 bits per heavy atom. The molecule has 2 rings (SSSR count). The summed E-state index contributed by atoms with van der Waals surface area (Å²) in [5.74, 6) is -0.566. The highest BCUT2D eigenvalue weighted by molar-refractivity contribution is 5.88. The maximum atomic E-state index is 11.5. The zero-order chi connectivity index (χ0) is 12.4. The van der Waals surface area contributed by atoms with Crippen molar-refractivity contribution in [3.63, 3.8) is 0 Å². The largest absolute Gasteiger partial charge is 0.478 e. The standard InChI is InChI=1S/C11H14N2O4/c1-12-3-4-13(7-10(12)14)6-9-8(11(15)16)2-5-17-9/h2,5H,3-4,6-7H2,1H3,(H,15,16). The Morgan fingerprint density at radius 1 is 1.53 bits per heavy atom. The molecule has 0 radical (unpaired) electrons. The topological polar surface area (TPSA) is 74.0 Å². The van der Waals surface area contributed by atoms with Crippen LogP contribution in [0.5, 0.6) is 0 Å². The van der Waals surface area contributed by atoms with Crippen molar-refractivity contribution in [2.45, 2.75) is 6.54 Å². The Bertz CT molecular complexity index is 440. The van der Waals surface area contributed by atoms with Gasteiger partial charge in [0.15, 0.2) is 0 Å². The molecule has 1 aromatic heterocycles. The normalized spacial score (nSPS) is 17.5. The number of carbonyl (C=O) groups excluding carboxylic acids is 1. The molecule has 1 aromatic rings. The molecule has 2 heterocycles. The number of carbonyl (C=O) groups is 2.